The van der Waals surface area contributed by atoms with Crippen molar-refractivity contribution in [1.29, 1.82) is 5.26 Å². The van der Waals surface area contributed by atoms with E-state index >= 15 is 0 Å². The highest BCUT2D eigenvalue weighted by molar-refractivity contribution is 7.90. The molecule has 1 aliphatic heterocycles. The monoisotopic (exact) mass is 333 g/mol. The van der Waals surface area contributed by atoms with Crippen LogP contribution in [0, 0.1) is 16.7 Å². The molecule has 1 aromatic carbocycles. The number of hydrogen-bond donors (Lipinski definition) is 1. The fourth-order valence-electron chi connectivity index (χ4n) is 2.03. The minimum absolute atomic E-state index is 0.0720. The molecule has 0 spiro atoms. The van der Waals surface area contributed by atoms with E-state index in [0.29, 0.717) is 18.7 Å². The van der Waals surface area contributed by atoms with Gasteiger partial charge in [-0.05, 0) is 31.2 Å². The summed E-state index contributed by atoms with van der Waals surface area (Å²) in [6, 6.07) is 7.66. The molecule has 0 radical (unpaired) electrons. The Labute approximate surface area is 136 Å². The second kappa shape index (κ2) is 6.38. The molecule has 122 valence electrons. The third kappa shape index (κ3) is 4.07. The molecule has 0 unspecified atom stereocenters. The zero-order valence-electron chi connectivity index (χ0n) is 13.3. The third-order valence-electron chi connectivity index (χ3n) is 3.18. The number of nitrogens with zero attached hydrogens (tertiary/aromatic N) is 4. The highest BCUT2D eigenvalue weighted by atomic mass is 32.2. The second-order valence-electron chi connectivity index (χ2n) is 5.83. The van der Waals surface area contributed by atoms with Gasteiger partial charge in [0, 0.05) is 18.2 Å². The summed E-state index contributed by atoms with van der Waals surface area (Å²) in [5, 5.41) is 14.5. The number of sulfonamides is 1. The maximum Gasteiger partial charge on any atom is 0.264 e. The van der Waals surface area contributed by atoms with Crippen LogP contribution in [0.2, 0.25) is 0 Å². The zero-order valence-corrected chi connectivity index (χ0v) is 14.1. The molecule has 0 atom stereocenters. The Morgan fingerprint density at radius 3 is 2.57 bits per heavy atom. The first-order valence-corrected chi connectivity index (χ1v) is 8.66. The van der Waals surface area contributed by atoms with Gasteiger partial charge in [-0.3, -0.25) is 4.99 Å². The molecule has 7 nitrogen and oxygen atoms in total. The van der Waals surface area contributed by atoms with Gasteiger partial charge in [0.25, 0.3) is 10.0 Å². The Bertz CT molecular complexity index is 773. The fourth-order valence-corrected chi connectivity index (χ4v) is 3.05. The molecule has 0 aliphatic carbocycles. The minimum atomic E-state index is -3.79. The van der Waals surface area contributed by atoms with E-state index in [9.17, 15) is 8.42 Å². The third-order valence-corrected chi connectivity index (χ3v) is 4.52. The second-order valence-corrected chi connectivity index (χ2v) is 7.51. The fraction of sp³-hybridized carbons (Fsp3) is 0.400. The van der Waals surface area contributed by atoms with Crippen molar-refractivity contribution < 1.29 is 8.42 Å². The highest BCUT2D eigenvalue weighted by Gasteiger charge is 2.29. The Morgan fingerprint density at radius 2 is 2.09 bits per heavy atom. The first-order chi connectivity index (χ1) is 10.8. The Kier molecular flexibility index (Phi) is 4.71. The van der Waals surface area contributed by atoms with E-state index in [0.717, 1.165) is 0 Å². The molecule has 0 aromatic heterocycles. The van der Waals surface area contributed by atoms with Crippen LogP contribution in [0.15, 0.2) is 39.3 Å². The van der Waals surface area contributed by atoms with Crippen molar-refractivity contribution >= 4 is 22.2 Å². The summed E-state index contributed by atoms with van der Waals surface area (Å²) in [6.45, 7) is 6.81. The maximum atomic E-state index is 12.5. The number of nitriles is 1. The van der Waals surface area contributed by atoms with E-state index in [1.807, 2.05) is 26.8 Å². The van der Waals surface area contributed by atoms with Gasteiger partial charge in [-0.2, -0.15) is 10.4 Å². The molecule has 0 saturated carbocycles. The normalized spacial score (nSPS) is 17.1. The molecular formula is C15H19N5O2S. The molecule has 8 heteroatoms. The summed E-state index contributed by atoms with van der Waals surface area (Å²) in [7, 11) is -3.79. The Balaban J connectivity index is 2.24. The van der Waals surface area contributed by atoms with E-state index in [-0.39, 0.29) is 16.3 Å². The Morgan fingerprint density at radius 1 is 1.43 bits per heavy atom. The lowest BCUT2D eigenvalue weighted by Gasteiger charge is -2.21. The van der Waals surface area contributed by atoms with Crippen molar-refractivity contribution in [3.05, 3.63) is 29.8 Å². The summed E-state index contributed by atoms with van der Waals surface area (Å²) in [6.07, 6.45) is 1.77. The summed E-state index contributed by atoms with van der Waals surface area (Å²) in [4.78, 5) is 4.27. The van der Waals surface area contributed by atoms with E-state index in [4.69, 9.17) is 5.26 Å². The van der Waals surface area contributed by atoms with E-state index < -0.39 is 10.0 Å². The van der Waals surface area contributed by atoms with E-state index in [2.05, 4.69) is 14.8 Å². The first kappa shape index (κ1) is 17.0. The number of guanidine groups is 1. The molecule has 0 fully saturated rings. The van der Waals surface area contributed by atoms with Crippen molar-refractivity contribution in [2.45, 2.75) is 25.7 Å². The highest BCUT2D eigenvalue weighted by Crippen LogP contribution is 2.21. The lowest BCUT2D eigenvalue weighted by Crippen LogP contribution is -2.42. The van der Waals surface area contributed by atoms with Crippen LogP contribution in [0.3, 0.4) is 0 Å². The predicted octanol–water partition coefficient (Wildman–Crippen LogP) is 1.54. The molecule has 2 rings (SSSR count). The number of aliphatic imine (C=N–C) groups is 1. The number of benzene rings is 1. The van der Waals surface area contributed by atoms with Crippen molar-refractivity contribution in [1.82, 2.24) is 9.73 Å². The maximum absolute atomic E-state index is 12.5. The summed E-state index contributed by atoms with van der Waals surface area (Å²) < 4.78 is 27.4. The molecule has 23 heavy (non-hydrogen) atoms. The van der Waals surface area contributed by atoms with Gasteiger partial charge < -0.3 is 0 Å². The average molecular weight is 333 g/mol. The van der Waals surface area contributed by atoms with Crippen LogP contribution >= 0.6 is 0 Å². The van der Waals surface area contributed by atoms with Gasteiger partial charge in [-0.1, -0.05) is 13.8 Å². The van der Waals surface area contributed by atoms with Gasteiger partial charge in [0.15, 0.2) is 0 Å². The summed E-state index contributed by atoms with van der Waals surface area (Å²) in [5.74, 6) is 0.193. The molecule has 0 bridgehead atoms. The van der Waals surface area contributed by atoms with E-state index in [1.54, 1.807) is 11.2 Å². The van der Waals surface area contributed by atoms with Crippen LogP contribution in [0.5, 0.6) is 0 Å². The number of nitrogens with one attached hydrogen (secondary N) is 1. The van der Waals surface area contributed by atoms with Crippen LogP contribution < -0.4 is 4.72 Å². The lowest BCUT2D eigenvalue weighted by atomic mass is 9.97. The molecular weight excluding hydrogens is 314 g/mol. The molecule has 0 amide bonds. The molecule has 1 aliphatic rings. The van der Waals surface area contributed by atoms with Crippen molar-refractivity contribution in [3.63, 3.8) is 0 Å². The first-order valence-electron chi connectivity index (χ1n) is 7.17. The SMILES string of the molecule is CCN=C(NS(=O)(=O)c1ccc(C#N)cc1)N1CC(C)(C)C=N1. The summed E-state index contributed by atoms with van der Waals surface area (Å²) >= 11 is 0. The van der Waals surface area contributed by atoms with Gasteiger partial charge in [0.2, 0.25) is 5.96 Å². The zero-order chi connectivity index (χ0) is 17.1. The predicted molar refractivity (Wildman–Crippen MR) is 88.4 cm³/mol. The van der Waals surface area contributed by atoms with Crippen LogP contribution in [0.4, 0.5) is 0 Å². The van der Waals surface area contributed by atoms with Crippen LogP contribution in [-0.4, -0.2) is 38.7 Å². The molecule has 1 aromatic rings. The summed E-state index contributed by atoms with van der Waals surface area (Å²) in [5.41, 5.74) is 0.256. The average Bonchev–Trinajstić information content (AvgIpc) is 2.87. The Hall–Kier alpha value is -2.40. The standard InChI is InChI=1S/C15H19N5O2S/c1-4-17-14(20-11-15(2,3)10-18-20)19-23(21,22)13-7-5-12(9-16)6-8-13/h5-8,10H,4,11H2,1-3H3,(H,17,19). The van der Waals surface area contributed by atoms with Crippen molar-refractivity contribution in [3.8, 4) is 6.07 Å². The van der Waals surface area contributed by atoms with Gasteiger partial charge >= 0.3 is 0 Å². The van der Waals surface area contributed by atoms with Crippen LogP contribution in [0.1, 0.15) is 26.3 Å². The van der Waals surface area contributed by atoms with Crippen LogP contribution in [0.25, 0.3) is 0 Å². The van der Waals surface area contributed by atoms with E-state index in [1.165, 1.54) is 24.3 Å². The number of hydrogen-bond acceptors (Lipinski definition) is 5. The lowest BCUT2D eigenvalue weighted by molar-refractivity contribution is 0.379. The van der Waals surface area contributed by atoms with Gasteiger partial charge in [-0.15, -0.1) is 0 Å². The minimum Gasteiger partial charge on any atom is -0.251 e. The van der Waals surface area contributed by atoms with Crippen molar-refractivity contribution in [2.24, 2.45) is 15.5 Å². The molecule has 0 saturated heterocycles. The van der Waals surface area contributed by atoms with Crippen LogP contribution in [-0.2, 0) is 10.0 Å². The smallest absolute Gasteiger partial charge is 0.251 e. The largest absolute Gasteiger partial charge is 0.264 e. The van der Waals surface area contributed by atoms with Gasteiger partial charge in [-0.25, -0.2) is 18.1 Å². The molecule has 1 heterocycles. The number of hydrazone groups is 1. The van der Waals surface area contributed by atoms with Crippen molar-refractivity contribution in [2.75, 3.05) is 13.1 Å². The quantitative estimate of drug-likeness (QED) is 0.670. The number of rotatable bonds is 3. The topological polar surface area (TPSA) is 97.9 Å². The molecule has 1 N–H and O–H groups in total. The van der Waals surface area contributed by atoms with Gasteiger partial charge in [0.1, 0.15) is 0 Å². The van der Waals surface area contributed by atoms with Gasteiger partial charge in [0.05, 0.1) is 23.1 Å².